The van der Waals surface area contributed by atoms with E-state index >= 15 is 0 Å². The van der Waals surface area contributed by atoms with Crippen molar-refractivity contribution < 1.29 is 19.0 Å². The number of aromatic nitrogens is 2. The van der Waals surface area contributed by atoms with Crippen LogP contribution < -0.4 is 15.2 Å². The van der Waals surface area contributed by atoms with E-state index in [2.05, 4.69) is 45.4 Å². The largest absolute Gasteiger partial charge is 0.425 e. The molecule has 3 rings (SSSR count). The molecule has 2 N–H and O–H groups in total. The molecule has 172 valence electrons. The van der Waals surface area contributed by atoms with Crippen molar-refractivity contribution in [1.29, 1.82) is 0 Å². The van der Waals surface area contributed by atoms with Crippen molar-refractivity contribution in [3.05, 3.63) is 48.5 Å². The van der Waals surface area contributed by atoms with Gasteiger partial charge in [0.25, 0.3) is 0 Å². The van der Waals surface area contributed by atoms with Crippen molar-refractivity contribution in [2.24, 2.45) is 11.1 Å². The second-order valence-electron chi connectivity index (χ2n) is 10.1. The average molecular weight is 456 g/mol. The molecule has 8 heteroatoms. The van der Waals surface area contributed by atoms with E-state index in [1.165, 1.54) is 0 Å². The maximum Gasteiger partial charge on any atom is 0.409 e. The van der Waals surface area contributed by atoms with E-state index in [1.807, 2.05) is 28.8 Å². The molecule has 0 saturated carbocycles. The molecule has 2 aromatic carbocycles. The highest BCUT2D eigenvalue weighted by Gasteiger charge is 2.36. The molecule has 1 amide bonds. The first-order valence-corrected chi connectivity index (χ1v) is 14.3. The highest BCUT2D eigenvalue weighted by Crippen LogP contribution is 2.39. The van der Waals surface area contributed by atoms with Gasteiger partial charge in [0.1, 0.15) is 18.2 Å². The van der Waals surface area contributed by atoms with Gasteiger partial charge >= 0.3 is 12.1 Å². The number of para-hydroxylation sites is 2. The normalized spacial score (nSPS) is 13.2. The molecule has 1 heterocycles. The second kappa shape index (κ2) is 9.34. The number of carbonyl (C=O) groups excluding carboxylic acids is 1. The Bertz CT molecular complexity index is 1050. The Labute approximate surface area is 190 Å². The maximum absolute atomic E-state index is 10.9. The van der Waals surface area contributed by atoms with Crippen LogP contribution in [-0.4, -0.2) is 30.3 Å². The summed E-state index contributed by atoms with van der Waals surface area (Å²) in [5, 5.41) is 0. The third-order valence-corrected chi connectivity index (χ3v) is 8.59. The lowest BCUT2D eigenvalue weighted by Gasteiger charge is -2.39. The third-order valence-electron chi connectivity index (χ3n) is 5.47. The molecule has 0 bridgehead atoms. The zero-order valence-electron chi connectivity index (χ0n) is 19.7. The Morgan fingerprint density at radius 3 is 2.28 bits per heavy atom. The van der Waals surface area contributed by atoms with Gasteiger partial charge in [0.15, 0.2) is 0 Å². The third kappa shape index (κ3) is 5.89. The lowest BCUT2D eigenvalue weighted by molar-refractivity contribution is 0.0559. The topological polar surface area (TPSA) is 88.6 Å². The first-order chi connectivity index (χ1) is 14.9. The van der Waals surface area contributed by atoms with Crippen molar-refractivity contribution in [3.63, 3.8) is 0 Å². The summed E-state index contributed by atoms with van der Waals surface area (Å²) >= 11 is 0. The number of nitrogens with two attached hydrogens (primary N) is 1. The molecule has 0 spiro atoms. The molecule has 0 saturated heterocycles. The van der Waals surface area contributed by atoms with Gasteiger partial charge in [-0.3, -0.25) is 4.57 Å². The number of amides is 1. The van der Waals surface area contributed by atoms with Crippen molar-refractivity contribution in [2.75, 3.05) is 6.61 Å². The van der Waals surface area contributed by atoms with Crippen LogP contribution in [0.2, 0.25) is 25.2 Å². The number of fused-ring (bicyclic) bond motifs is 1. The fourth-order valence-electron chi connectivity index (χ4n) is 4.11. The number of imidazole rings is 1. The van der Waals surface area contributed by atoms with Gasteiger partial charge in [-0.1, -0.05) is 52.5 Å². The summed E-state index contributed by atoms with van der Waals surface area (Å²) in [6, 6.07) is 14.9. The van der Waals surface area contributed by atoms with E-state index < -0.39 is 14.2 Å². The van der Waals surface area contributed by atoms with Gasteiger partial charge in [-0.15, -0.1) is 0 Å². The standard InChI is InChI=1S/C24H33N3O4Si/c1-24(2,3)21(32(4,5)6)15-29-16-27-20-10-8-7-9-19(20)26-23(27)31-18-13-11-17(12-14-18)30-22(25)28/h7-14,21H,15-16H2,1-6H3,(H2,25,28). The molecule has 0 radical (unpaired) electrons. The molecule has 0 aliphatic rings. The number of carbonyl (C=O) groups is 1. The van der Waals surface area contributed by atoms with Gasteiger partial charge in [0.2, 0.25) is 0 Å². The van der Waals surface area contributed by atoms with Gasteiger partial charge < -0.3 is 19.9 Å². The first kappa shape index (κ1) is 23.8. The molecule has 7 nitrogen and oxygen atoms in total. The van der Waals surface area contributed by atoms with Gasteiger partial charge in [0, 0.05) is 6.61 Å². The second-order valence-corrected chi connectivity index (χ2v) is 15.5. The smallest absolute Gasteiger partial charge is 0.409 e. The Morgan fingerprint density at radius 1 is 1.06 bits per heavy atom. The van der Waals surface area contributed by atoms with Crippen LogP contribution >= 0.6 is 0 Å². The number of rotatable bonds is 8. The number of hydrogen-bond donors (Lipinski definition) is 1. The van der Waals surface area contributed by atoms with Gasteiger partial charge in [-0.2, -0.15) is 4.98 Å². The highest BCUT2D eigenvalue weighted by molar-refractivity contribution is 6.77. The summed E-state index contributed by atoms with van der Waals surface area (Å²) < 4.78 is 19.1. The molecule has 0 aliphatic carbocycles. The van der Waals surface area contributed by atoms with E-state index in [-0.39, 0.29) is 5.41 Å². The fourth-order valence-corrected chi connectivity index (χ4v) is 7.33. The summed E-state index contributed by atoms with van der Waals surface area (Å²) in [5.41, 5.74) is 7.51. The van der Waals surface area contributed by atoms with Crippen LogP contribution in [-0.2, 0) is 11.5 Å². The molecular formula is C24H33N3O4Si. The minimum absolute atomic E-state index is 0.176. The van der Waals surface area contributed by atoms with Crippen molar-refractivity contribution in [2.45, 2.75) is 52.7 Å². The van der Waals surface area contributed by atoms with E-state index in [1.54, 1.807) is 24.3 Å². The molecule has 0 aliphatic heterocycles. The predicted molar refractivity (Wildman–Crippen MR) is 129 cm³/mol. The number of nitrogens with zero attached hydrogens (tertiary/aromatic N) is 2. The van der Waals surface area contributed by atoms with Crippen molar-refractivity contribution in [1.82, 2.24) is 9.55 Å². The Balaban J connectivity index is 1.81. The summed E-state index contributed by atoms with van der Waals surface area (Å²) in [5.74, 6) is 0.911. The molecule has 1 atom stereocenters. The SMILES string of the molecule is CC(C)(C)C(COCn1c(Oc2ccc(OC(N)=O)cc2)nc2ccccc21)[Si](C)(C)C. The average Bonchev–Trinajstić information content (AvgIpc) is 3.01. The van der Waals surface area contributed by atoms with E-state index in [4.69, 9.17) is 19.9 Å². The van der Waals surface area contributed by atoms with Crippen LogP contribution in [0.1, 0.15) is 20.8 Å². The fraction of sp³-hybridized carbons (Fsp3) is 0.417. The number of benzene rings is 2. The maximum atomic E-state index is 10.9. The van der Waals surface area contributed by atoms with Crippen molar-refractivity contribution in [3.8, 4) is 17.5 Å². The first-order valence-electron chi connectivity index (χ1n) is 10.7. The van der Waals surface area contributed by atoms with Crippen LogP contribution in [0.3, 0.4) is 0 Å². The minimum atomic E-state index is -1.42. The minimum Gasteiger partial charge on any atom is -0.425 e. The van der Waals surface area contributed by atoms with Crippen LogP contribution in [0, 0.1) is 5.41 Å². The summed E-state index contributed by atoms with van der Waals surface area (Å²) in [7, 11) is -1.42. The summed E-state index contributed by atoms with van der Waals surface area (Å²) in [4.78, 5) is 15.5. The Morgan fingerprint density at radius 2 is 1.69 bits per heavy atom. The molecule has 3 aromatic rings. The van der Waals surface area contributed by atoms with Crippen molar-refractivity contribution >= 4 is 25.2 Å². The Hall–Kier alpha value is -2.84. The van der Waals surface area contributed by atoms with E-state index in [0.29, 0.717) is 36.4 Å². The monoisotopic (exact) mass is 455 g/mol. The molecule has 1 aromatic heterocycles. The summed E-state index contributed by atoms with van der Waals surface area (Å²) in [6.07, 6.45) is -0.857. The quantitative estimate of drug-likeness (QED) is 0.420. The van der Waals surface area contributed by atoms with Gasteiger partial charge in [-0.05, 0) is 47.4 Å². The van der Waals surface area contributed by atoms with Crippen LogP contribution in [0.15, 0.2) is 48.5 Å². The van der Waals surface area contributed by atoms with Crippen LogP contribution in [0.5, 0.6) is 17.5 Å². The number of ether oxygens (including phenoxy) is 3. The van der Waals surface area contributed by atoms with E-state index in [9.17, 15) is 4.79 Å². The zero-order valence-corrected chi connectivity index (χ0v) is 20.7. The molecule has 32 heavy (non-hydrogen) atoms. The lowest BCUT2D eigenvalue weighted by atomic mass is 9.92. The summed E-state index contributed by atoms with van der Waals surface area (Å²) in [6.45, 7) is 15.0. The van der Waals surface area contributed by atoms with Gasteiger partial charge in [0.05, 0.1) is 19.1 Å². The van der Waals surface area contributed by atoms with Crippen LogP contribution in [0.4, 0.5) is 4.79 Å². The highest BCUT2D eigenvalue weighted by atomic mass is 28.3. The number of hydrogen-bond acceptors (Lipinski definition) is 5. The molecular weight excluding hydrogens is 422 g/mol. The van der Waals surface area contributed by atoms with E-state index in [0.717, 1.165) is 11.0 Å². The zero-order chi connectivity index (χ0) is 23.5. The predicted octanol–water partition coefficient (Wildman–Crippen LogP) is 6.01. The molecule has 0 fully saturated rings. The lowest BCUT2D eigenvalue weighted by Crippen LogP contribution is -2.39. The van der Waals surface area contributed by atoms with Gasteiger partial charge in [-0.25, -0.2) is 4.79 Å². The Kier molecular flexibility index (Phi) is 6.95. The number of primary amides is 1. The molecule has 1 unspecified atom stereocenters. The van der Waals surface area contributed by atoms with Crippen LogP contribution in [0.25, 0.3) is 11.0 Å².